The first-order valence-corrected chi connectivity index (χ1v) is 7.29. The molecule has 2 rings (SSSR count). The Balaban J connectivity index is 2.00. The lowest BCUT2D eigenvalue weighted by Gasteiger charge is -2.13. The van der Waals surface area contributed by atoms with Crippen LogP contribution >= 0.6 is 0 Å². The number of aryl methyl sites for hydroxylation is 2. The fraction of sp³-hybridized carbons (Fsp3) is 0.562. The molecule has 0 amide bonds. The molecule has 0 fully saturated rings. The van der Waals surface area contributed by atoms with Crippen molar-refractivity contribution in [3.8, 4) is 0 Å². The van der Waals surface area contributed by atoms with Crippen molar-refractivity contribution < 1.29 is 9.84 Å². The lowest BCUT2D eigenvalue weighted by Crippen LogP contribution is -2.21. The number of aliphatic hydroxyl groups is 1. The molecule has 4 nitrogen and oxygen atoms in total. The van der Waals surface area contributed by atoms with Gasteiger partial charge in [0, 0.05) is 6.61 Å². The second-order valence-electron chi connectivity index (χ2n) is 5.40. The zero-order chi connectivity index (χ0) is 14.5. The molecule has 1 atom stereocenters. The summed E-state index contributed by atoms with van der Waals surface area (Å²) >= 11 is 0. The Morgan fingerprint density at radius 3 is 2.80 bits per heavy atom. The van der Waals surface area contributed by atoms with E-state index >= 15 is 0 Å². The predicted octanol–water partition coefficient (Wildman–Crippen LogP) is 2.83. The van der Waals surface area contributed by atoms with E-state index in [1.54, 1.807) is 6.33 Å². The molecule has 2 aromatic rings. The summed E-state index contributed by atoms with van der Waals surface area (Å²) in [5.41, 5.74) is 4.53. The third-order valence-corrected chi connectivity index (χ3v) is 3.60. The molecule has 1 unspecified atom stereocenters. The maximum absolute atomic E-state index is 10.0. The number of rotatable bonds is 7. The lowest BCUT2D eigenvalue weighted by atomic mass is 10.1. The van der Waals surface area contributed by atoms with Crippen molar-refractivity contribution in [2.24, 2.45) is 0 Å². The average Bonchev–Trinajstić information content (AvgIpc) is 2.78. The molecule has 20 heavy (non-hydrogen) atoms. The number of fused-ring (bicyclic) bond motifs is 1. The van der Waals surface area contributed by atoms with Gasteiger partial charge in [-0.15, -0.1) is 0 Å². The summed E-state index contributed by atoms with van der Waals surface area (Å²) in [6.45, 7) is 7.93. The van der Waals surface area contributed by atoms with Crippen molar-refractivity contribution in [3.05, 3.63) is 29.6 Å². The number of benzene rings is 1. The summed E-state index contributed by atoms with van der Waals surface area (Å²) in [6, 6.07) is 4.22. The maximum atomic E-state index is 10.0. The lowest BCUT2D eigenvalue weighted by molar-refractivity contribution is 0.0276. The van der Waals surface area contributed by atoms with Crippen LogP contribution < -0.4 is 0 Å². The predicted molar refractivity (Wildman–Crippen MR) is 80.9 cm³/mol. The van der Waals surface area contributed by atoms with Crippen LogP contribution in [0.2, 0.25) is 0 Å². The standard InChI is InChI=1S/C16H24N2O2/c1-4-5-6-20-10-14(19)9-18-11-17-15-7-12(2)13(3)8-16(15)18/h7-8,11,14,19H,4-6,9-10H2,1-3H3. The first kappa shape index (κ1) is 15.0. The summed E-state index contributed by atoms with van der Waals surface area (Å²) in [6.07, 6.45) is 3.45. The quantitative estimate of drug-likeness (QED) is 0.791. The SMILES string of the molecule is CCCCOCC(O)Cn1cnc2cc(C)c(C)cc21. The number of nitrogens with zero attached hydrogens (tertiary/aromatic N) is 2. The fourth-order valence-corrected chi connectivity index (χ4v) is 2.20. The summed E-state index contributed by atoms with van der Waals surface area (Å²) in [5, 5.41) is 10.0. The van der Waals surface area contributed by atoms with Crippen molar-refractivity contribution in [1.82, 2.24) is 9.55 Å². The van der Waals surface area contributed by atoms with Crippen LogP contribution in [0.1, 0.15) is 30.9 Å². The highest BCUT2D eigenvalue weighted by Crippen LogP contribution is 2.18. The van der Waals surface area contributed by atoms with E-state index < -0.39 is 6.10 Å². The Morgan fingerprint density at radius 2 is 2.05 bits per heavy atom. The van der Waals surface area contributed by atoms with Gasteiger partial charge in [0.05, 0.1) is 36.6 Å². The van der Waals surface area contributed by atoms with Crippen LogP contribution in [-0.4, -0.2) is 34.0 Å². The van der Waals surface area contributed by atoms with E-state index in [2.05, 4.69) is 37.9 Å². The van der Waals surface area contributed by atoms with Gasteiger partial charge in [0.25, 0.3) is 0 Å². The Hall–Kier alpha value is -1.39. The normalized spacial score (nSPS) is 13.0. The molecule has 4 heteroatoms. The van der Waals surface area contributed by atoms with E-state index in [1.165, 1.54) is 11.1 Å². The summed E-state index contributed by atoms with van der Waals surface area (Å²) in [7, 11) is 0. The van der Waals surface area contributed by atoms with E-state index in [0.29, 0.717) is 13.2 Å². The zero-order valence-electron chi connectivity index (χ0n) is 12.6. The monoisotopic (exact) mass is 276 g/mol. The zero-order valence-corrected chi connectivity index (χ0v) is 12.6. The van der Waals surface area contributed by atoms with Crippen molar-refractivity contribution in [2.45, 2.75) is 46.3 Å². The Morgan fingerprint density at radius 1 is 1.30 bits per heavy atom. The molecule has 0 aliphatic rings. The minimum Gasteiger partial charge on any atom is -0.389 e. The van der Waals surface area contributed by atoms with Gasteiger partial charge in [-0.25, -0.2) is 4.98 Å². The molecule has 110 valence electrons. The van der Waals surface area contributed by atoms with E-state index in [0.717, 1.165) is 30.5 Å². The number of aromatic nitrogens is 2. The van der Waals surface area contributed by atoms with Crippen molar-refractivity contribution in [2.75, 3.05) is 13.2 Å². The molecule has 0 saturated carbocycles. The molecule has 0 saturated heterocycles. The summed E-state index contributed by atoms with van der Waals surface area (Å²) in [4.78, 5) is 4.39. The molecule has 0 aliphatic heterocycles. The minimum absolute atomic E-state index is 0.379. The molecule has 0 bridgehead atoms. The number of imidazole rings is 1. The van der Waals surface area contributed by atoms with Gasteiger partial charge in [-0.1, -0.05) is 13.3 Å². The van der Waals surface area contributed by atoms with Crippen LogP contribution in [0.4, 0.5) is 0 Å². The van der Waals surface area contributed by atoms with E-state index in [-0.39, 0.29) is 0 Å². The molecule has 1 aromatic carbocycles. The maximum Gasteiger partial charge on any atom is 0.0959 e. The van der Waals surface area contributed by atoms with Gasteiger partial charge < -0.3 is 14.4 Å². The van der Waals surface area contributed by atoms with Gasteiger partial charge in [-0.05, 0) is 43.5 Å². The molecule has 0 aliphatic carbocycles. The van der Waals surface area contributed by atoms with Gasteiger partial charge in [0.15, 0.2) is 0 Å². The second kappa shape index (κ2) is 6.86. The third-order valence-electron chi connectivity index (χ3n) is 3.60. The molecular formula is C16H24N2O2. The van der Waals surface area contributed by atoms with Crippen molar-refractivity contribution >= 4 is 11.0 Å². The van der Waals surface area contributed by atoms with Gasteiger partial charge >= 0.3 is 0 Å². The highest BCUT2D eigenvalue weighted by Gasteiger charge is 2.10. The van der Waals surface area contributed by atoms with E-state index in [9.17, 15) is 5.11 Å². The average molecular weight is 276 g/mol. The Labute approximate surface area is 120 Å². The molecule has 1 heterocycles. The third kappa shape index (κ3) is 3.58. The first-order chi connectivity index (χ1) is 9.61. The molecule has 1 aromatic heterocycles. The molecule has 0 spiro atoms. The van der Waals surface area contributed by atoms with Crippen LogP contribution in [0.15, 0.2) is 18.5 Å². The van der Waals surface area contributed by atoms with Crippen LogP contribution in [0.5, 0.6) is 0 Å². The molecular weight excluding hydrogens is 252 g/mol. The number of unbranched alkanes of at least 4 members (excludes halogenated alkanes) is 1. The first-order valence-electron chi connectivity index (χ1n) is 7.29. The largest absolute Gasteiger partial charge is 0.389 e. The van der Waals surface area contributed by atoms with Crippen molar-refractivity contribution in [1.29, 1.82) is 0 Å². The fourth-order valence-electron chi connectivity index (χ4n) is 2.20. The van der Waals surface area contributed by atoms with E-state index in [1.807, 2.05) is 4.57 Å². The minimum atomic E-state index is -0.495. The Bertz CT molecular complexity index is 563. The van der Waals surface area contributed by atoms with Gasteiger partial charge in [-0.2, -0.15) is 0 Å². The molecule has 0 radical (unpaired) electrons. The van der Waals surface area contributed by atoms with Crippen LogP contribution in [0, 0.1) is 13.8 Å². The summed E-state index contributed by atoms with van der Waals surface area (Å²) in [5.74, 6) is 0. The van der Waals surface area contributed by atoms with E-state index in [4.69, 9.17) is 4.74 Å². The number of hydrogen-bond donors (Lipinski definition) is 1. The van der Waals surface area contributed by atoms with Crippen LogP contribution in [-0.2, 0) is 11.3 Å². The van der Waals surface area contributed by atoms with Crippen LogP contribution in [0.3, 0.4) is 0 Å². The number of aliphatic hydroxyl groups excluding tert-OH is 1. The van der Waals surface area contributed by atoms with Gasteiger partial charge in [0.2, 0.25) is 0 Å². The highest BCUT2D eigenvalue weighted by atomic mass is 16.5. The number of hydrogen-bond acceptors (Lipinski definition) is 3. The second-order valence-corrected chi connectivity index (χ2v) is 5.40. The highest BCUT2D eigenvalue weighted by molar-refractivity contribution is 5.77. The van der Waals surface area contributed by atoms with Crippen molar-refractivity contribution in [3.63, 3.8) is 0 Å². The summed E-state index contributed by atoms with van der Waals surface area (Å²) < 4.78 is 7.45. The van der Waals surface area contributed by atoms with Gasteiger partial charge in [0.1, 0.15) is 0 Å². The Kier molecular flexibility index (Phi) is 5.15. The number of ether oxygens (including phenoxy) is 1. The molecule has 1 N–H and O–H groups in total. The smallest absolute Gasteiger partial charge is 0.0959 e. The topological polar surface area (TPSA) is 47.3 Å². The van der Waals surface area contributed by atoms with Crippen LogP contribution in [0.25, 0.3) is 11.0 Å². The van der Waals surface area contributed by atoms with Gasteiger partial charge in [-0.3, -0.25) is 0 Å².